The van der Waals surface area contributed by atoms with Gasteiger partial charge in [-0.05, 0) is 82.4 Å². The number of hydrazine groups is 1. The van der Waals surface area contributed by atoms with Crippen LogP contribution in [0.25, 0.3) is 10.4 Å². The van der Waals surface area contributed by atoms with E-state index in [4.69, 9.17) is 25.1 Å². The molecule has 15 heteroatoms. The molecule has 50 heavy (non-hydrogen) atoms. The largest absolute Gasteiger partial charge is 0.494 e. The zero-order chi connectivity index (χ0) is 35.7. The maximum Gasteiger partial charge on any atom is 0.416 e. The third kappa shape index (κ3) is 8.79. The smallest absolute Gasteiger partial charge is 0.416 e. The Morgan fingerprint density at radius 1 is 1.06 bits per heavy atom. The van der Waals surface area contributed by atoms with Crippen LogP contribution in [0.3, 0.4) is 0 Å². The van der Waals surface area contributed by atoms with Crippen molar-refractivity contribution in [2.75, 3.05) is 13.2 Å². The number of nitrogens with zero attached hydrogens (tertiary/aromatic N) is 4. The SMILES string of the molecule is [N-]=[N+]=NCc1ccccc1[C@@H]1OC(c2ccc(OCCCO)cc2)=N[C@]1(Cc1ccc(Br)cc1)C(=O)NNCc1cc(F)cc(C(F)(F)F)c1. The van der Waals surface area contributed by atoms with Crippen molar-refractivity contribution in [3.8, 4) is 5.75 Å². The molecule has 0 fully saturated rings. The van der Waals surface area contributed by atoms with Crippen LogP contribution >= 0.6 is 15.9 Å². The number of azide groups is 1. The number of alkyl halides is 3. The molecule has 10 nitrogen and oxygen atoms in total. The number of nitrogens with one attached hydrogen (secondary N) is 2. The van der Waals surface area contributed by atoms with Crippen molar-refractivity contribution in [1.29, 1.82) is 0 Å². The molecule has 1 aliphatic heterocycles. The first-order valence-electron chi connectivity index (χ1n) is 15.4. The second-order valence-corrected chi connectivity index (χ2v) is 12.2. The number of hydrogen-bond donors (Lipinski definition) is 3. The standard InChI is InChI=1S/C35H31BrF4N6O4/c36-27-10-6-22(7-11-27)19-34(33(48)45-42-20-23-16-26(35(38,39)40)18-28(37)17-23)31(30-5-2-1-4-25(30)21-43-46-41)50-32(44-34)24-8-12-29(13-9-24)49-15-3-14-47/h1-2,4-13,16-18,31,42,47H,3,14-15,19-21H2,(H,45,48)/t31-,34-/m0/s1. The number of carbonyl (C=O) groups excluding carboxylic acids is 1. The molecule has 0 spiro atoms. The summed E-state index contributed by atoms with van der Waals surface area (Å²) in [5.74, 6) is -1.08. The van der Waals surface area contributed by atoms with Gasteiger partial charge in [0.25, 0.3) is 5.91 Å². The van der Waals surface area contributed by atoms with E-state index in [0.29, 0.717) is 47.1 Å². The highest BCUT2D eigenvalue weighted by atomic mass is 79.9. The summed E-state index contributed by atoms with van der Waals surface area (Å²) in [7, 11) is 0. The van der Waals surface area contributed by atoms with E-state index in [2.05, 4.69) is 36.8 Å². The lowest BCUT2D eigenvalue weighted by molar-refractivity contribution is -0.138. The molecule has 1 amide bonds. The Kier molecular flexibility index (Phi) is 11.8. The second kappa shape index (κ2) is 16.2. The van der Waals surface area contributed by atoms with Crippen molar-refractivity contribution >= 4 is 27.7 Å². The summed E-state index contributed by atoms with van der Waals surface area (Å²) in [6.07, 6.45) is -5.36. The molecule has 4 aromatic carbocycles. The zero-order valence-corrected chi connectivity index (χ0v) is 27.9. The van der Waals surface area contributed by atoms with Gasteiger partial charge in [-0.2, -0.15) is 13.2 Å². The molecule has 1 heterocycles. The molecule has 0 aliphatic carbocycles. The summed E-state index contributed by atoms with van der Waals surface area (Å²) < 4.78 is 67.1. The summed E-state index contributed by atoms with van der Waals surface area (Å²) in [6.45, 7) is -0.0846. The van der Waals surface area contributed by atoms with E-state index < -0.39 is 35.1 Å². The Morgan fingerprint density at radius 2 is 1.80 bits per heavy atom. The fourth-order valence-electron chi connectivity index (χ4n) is 5.47. The van der Waals surface area contributed by atoms with Crippen LogP contribution in [0, 0.1) is 5.82 Å². The Labute approximate surface area is 292 Å². The van der Waals surface area contributed by atoms with Crippen LogP contribution in [-0.2, 0) is 35.2 Å². The van der Waals surface area contributed by atoms with E-state index in [1.807, 2.05) is 24.3 Å². The van der Waals surface area contributed by atoms with E-state index in [1.165, 1.54) is 0 Å². The van der Waals surface area contributed by atoms with Crippen molar-refractivity contribution < 1.29 is 36.9 Å². The molecule has 0 unspecified atom stereocenters. The number of halogens is 5. The molecule has 4 aromatic rings. The molecule has 0 radical (unpaired) electrons. The van der Waals surface area contributed by atoms with Gasteiger partial charge in [0.15, 0.2) is 11.6 Å². The lowest BCUT2D eigenvalue weighted by Crippen LogP contribution is -2.53. The number of hydrogen-bond acceptors (Lipinski definition) is 7. The molecule has 1 aliphatic rings. The number of carbonyl (C=O) groups is 1. The van der Waals surface area contributed by atoms with E-state index >= 15 is 0 Å². The van der Waals surface area contributed by atoms with E-state index in [9.17, 15) is 22.4 Å². The summed E-state index contributed by atoms with van der Waals surface area (Å²) >= 11 is 3.43. The van der Waals surface area contributed by atoms with Gasteiger partial charge in [-0.1, -0.05) is 57.4 Å². The maximum absolute atomic E-state index is 14.5. The first-order chi connectivity index (χ1) is 24.0. The molecular formula is C35H31BrF4N6O4. The van der Waals surface area contributed by atoms with Crippen LogP contribution in [0.15, 0.2) is 106 Å². The summed E-state index contributed by atoms with van der Waals surface area (Å²) in [5.41, 5.74) is 13.7. The van der Waals surface area contributed by atoms with Gasteiger partial charge in [-0.3, -0.25) is 10.2 Å². The molecule has 2 atom stereocenters. The number of amides is 1. The van der Waals surface area contributed by atoms with Crippen LogP contribution in [0.5, 0.6) is 5.75 Å². The van der Waals surface area contributed by atoms with Gasteiger partial charge in [0.05, 0.1) is 18.7 Å². The zero-order valence-electron chi connectivity index (χ0n) is 26.3. The highest BCUT2D eigenvalue weighted by molar-refractivity contribution is 9.10. The van der Waals surface area contributed by atoms with Gasteiger partial charge < -0.3 is 14.6 Å². The van der Waals surface area contributed by atoms with Crippen molar-refractivity contribution in [2.45, 2.75) is 43.8 Å². The van der Waals surface area contributed by atoms with Gasteiger partial charge in [0.1, 0.15) is 11.6 Å². The third-order valence-corrected chi connectivity index (χ3v) is 8.37. The number of aliphatic hydroxyl groups excluding tert-OH is 1. The monoisotopic (exact) mass is 754 g/mol. The Morgan fingerprint density at radius 3 is 2.50 bits per heavy atom. The van der Waals surface area contributed by atoms with Crippen LogP contribution in [0.4, 0.5) is 17.6 Å². The number of ether oxygens (including phenoxy) is 2. The van der Waals surface area contributed by atoms with Gasteiger partial charge in [-0.15, -0.1) is 0 Å². The normalized spacial score (nSPS) is 17.0. The van der Waals surface area contributed by atoms with Gasteiger partial charge in [0.2, 0.25) is 5.90 Å². The van der Waals surface area contributed by atoms with Crippen molar-refractivity contribution in [3.63, 3.8) is 0 Å². The first-order valence-corrected chi connectivity index (χ1v) is 16.2. The van der Waals surface area contributed by atoms with Gasteiger partial charge in [0, 0.05) is 40.9 Å². The summed E-state index contributed by atoms with van der Waals surface area (Å²) in [4.78, 5) is 22.3. The van der Waals surface area contributed by atoms with Crippen molar-refractivity contribution in [1.82, 2.24) is 10.9 Å². The molecule has 3 N–H and O–H groups in total. The average molecular weight is 756 g/mol. The van der Waals surface area contributed by atoms with Crippen LogP contribution in [-0.4, -0.2) is 35.7 Å². The Hall–Kier alpha value is -4.95. The predicted molar refractivity (Wildman–Crippen MR) is 180 cm³/mol. The lowest BCUT2D eigenvalue weighted by atomic mass is 9.81. The van der Waals surface area contributed by atoms with Gasteiger partial charge >= 0.3 is 6.18 Å². The molecule has 0 saturated carbocycles. The lowest BCUT2D eigenvalue weighted by Gasteiger charge is -2.32. The minimum absolute atomic E-state index is 0.0123. The number of rotatable bonds is 14. The number of benzene rings is 4. The minimum Gasteiger partial charge on any atom is -0.494 e. The summed E-state index contributed by atoms with van der Waals surface area (Å²) in [6, 6.07) is 23.2. The fraction of sp³-hybridized carbons (Fsp3) is 0.257. The first kappa shape index (κ1) is 36.3. The molecule has 260 valence electrons. The third-order valence-electron chi connectivity index (χ3n) is 7.84. The maximum atomic E-state index is 14.5. The van der Waals surface area contributed by atoms with Crippen LogP contribution < -0.4 is 15.6 Å². The molecule has 5 rings (SSSR count). The number of aliphatic hydroxyl groups is 1. The fourth-order valence-corrected chi connectivity index (χ4v) is 5.73. The minimum atomic E-state index is -4.76. The predicted octanol–water partition coefficient (Wildman–Crippen LogP) is 7.50. The van der Waals surface area contributed by atoms with E-state index in [1.54, 1.807) is 48.5 Å². The van der Waals surface area contributed by atoms with Crippen LogP contribution in [0.2, 0.25) is 0 Å². The second-order valence-electron chi connectivity index (χ2n) is 11.3. The number of aliphatic imine (C=N–C) groups is 1. The Bertz CT molecular complexity index is 1890. The van der Waals surface area contributed by atoms with Crippen molar-refractivity contribution in [3.05, 3.63) is 145 Å². The highest BCUT2D eigenvalue weighted by Gasteiger charge is 2.54. The van der Waals surface area contributed by atoms with Gasteiger partial charge in [-0.25, -0.2) is 14.8 Å². The average Bonchev–Trinajstić information content (AvgIpc) is 3.48. The highest BCUT2D eigenvalue weighted by Crippen LogP contribution is 2.44. The quantitative estimate of drug-likeness (QED) is 0.0306. The molecule has 0 bridgehead atoms. The molecule has 0 saturated heterocycles. The van der Waals surface area contributed by atoms with E-state index in [0.717, 1.165) is 16.6 Å². The van der Waals surface area contributed by atoms with E-state index in [-0.39, 0.29) is 37.6 Å². The Balaban J connectivity index is 1.55. The molecule has 0 aromatic heterocycles. The van der Waals surface area contributed by atoms with Crippen LogP contribution in [0.1, 0.15) is 45.9 Å². The topological polar surface area (TPSA) is 141 Å². The van der Waals surface area contributed by atoms with Crippen molar-refractivity contribution in [2.24, 2.45) is 10.1 Å². The summed E-state index contributed by atoms with van der Waals surface area (Å²) in [5, 5.41) is 12.8. The molecular weight excluding hydrogens is 724 g/mol.